The Morgan fingerprint density at radius 3 is 2.18 bits per heavy atom. The number of allylic oxidation sites excluding steroid dienone is 3. The van der Waals surface area contributed by atoms with Crippen LogP contribution in [-0.2, 0) is 32.3 Å². The normalized spacial score (nSPS) is 14.9. The van der Waals surface area contributed by atoms with Gasteiger partial charge >= 0.3 is 0 Å². The zero-order valence-electron chi connectivity index (χ0n) is 20.4. The molecule has 2 heteroatoms. The van der Waals surface area contributed by atoms with E-state index in [0.29, 0.717) is 5.92 Å². The van der Waals surface area contributed by atoms with Crippen molar-refractivity contribution in [3.05, 3.63) is 131 Å². The maximum atomic E-state index is 3.56. The third-order valence-electron chi connectivity index (χ3n) is 6.07. The van der Waals surface area contributed by atoms with Crippen molar-refractivity contribution >= 4 is 31.4 Å². The molecular weight excluding hydrogens is 591 g/mol. The first-order valence-corrected chi connectivity index (χ1v) is 13.6. The van der Waals surface area contributed by atoms with E-state index in [1.165, 1.54) is 49.7 Å². The van der Waals surface area contributed by atoms with E-state index in [1.807, 2.05) is 0 Å². The summed E-state index contributed by atoms with van der Waals surface area (Å²) in [4.78, 5) is 0. The molecule has 0 N–H and O–H groups in total. The van der Waals surface area contributed by atoms with Gasteiger partial charge in [-0.1, -0.05) is 129 Å². The van der Waals surface area contributed by atoms with Crippen molar-refractivity contribution in [2.24, 2.45) is 0 Å². The molecule has 0 amide bonds. The summed E-state index contributed by atoms with van der Waals surface area (Å²) in [5, 5.41) is 2.68. The summed E-state index contributed by atoms with van der Waals surface area (Å²) in [5.41, 5.74) is 9.34. The van der Waals surface area contributed by atoms with Crippen LogP contribution in [0.15, 0.2) is 91.0 Å². The van der Waals surface area contributed by atoms with E-state index in [1.54, 1.807) is 0 Å². The molecule has 0 saturated heterocycles. The van der Waals surface area contributed by atoms with Crippen LogP contribution < -0.4 is 0 Å². The Balaban J connectivity index is 0.000000185. The van der Waals surface area contributed by atoms with Crippen LogP contribution in [0.4, 0.5) is 0 Å². The van der Waals surface area contributed by atoms with Gasteiger partial charge in [0.05, 0.1) is 0 Å². The molecule has 4 aromatic rings. The van der Waals surface area contributed by atoms with Crippen LogP contribution in [0.1, 0.15) is 47.6 Å². The molecule has 2 aliphatic rings. The molecule has 6 rings (SSSR count). The van der Waals surface area contributed by atoms with Gasteiger partial charge < -0.3 is 0 Å². The van der Waals surface area contributed by atoms with Crippen molar-refractivity contribution in [3.8, 4) is 0 Å². The molecule has 2 aliphatic carbocycles. The quantitative estimate of drug-likeness (QED) is 0.148. The van der Waals surface area contributed by atoms with Gasteiger partial charge in [0.2, 0.25) is 0 Å². The number of hydrogen-bond donors (Lipinski definition) is 0. The van der Waals surface area contributed by atoms with Crippen LogP contribution in [-0.4, -0.2) is 9.52 Å². The molecule has 1 atom stereocenters. The average Bonchev–Trinajstić information content (AvgIpc) is 3.42. The Labute approximate surface area is 226 Å². The van der Waals surface area contributed by atoms with Gasteiger partial charge in [-0.3, -0.25) is 6.08 Å². The summed E-state index contributed by atoms with van der Waals surface area (Å²) in [6.07, 6.45) is 7.95. The Hall–Kier alpha value is -2.29. The van der Waals surface area contributed by atoms with Crippen molar-refractivity contribution < 1.29 is 25.8 Å². The first-order valence-electron chi connectivity index (χ1n) is 11.6. The van der Waals surface area contributed by atoms with Gasteiger partial charge in [0.25, 0.3) is 0 Å². The summed E-state index contributed by atoms with van der Waals surface area (Å²) in [6.45, 7) is 8.62. The van der Waals surface area contributed by atoms with E-state index in [2.05, 4.69) is 130 Å². The summed E-state index contributed by atoms with van der Waals surface area (Å²) in [5.74, 6) is 0.492. The van der Waals surface area contributed by atoms with Crippen LogP contribution in [0, 0.1) is 12.2 Å². The van der Waals surface area contributed by atoms with Gasteiger partial charge in [-0.25, -0.2) is 5.57 Å². The smallest absolute Gasteiger partial charge is 0.0307 e. The summed E-state index contributed by atoms with van der Waals surface area (Å²) >= 11 is 0. The minimum absolute atomic E-state index is 0. The zero-order valence-corrected chi connectivity index (χ0v) is 25.0. The van der Waals surface area contributed by atoms with Crippen LogP contribution in [0.2, 0.25) is 13.1 Å². The van der Waals surface area contributed by atoms with Gasteiger partial charge in [-0.2, -0.15) is 5.56 Å². The monoisotopic (exact) mass is 622 g/mol. The molecule has 0 nitrogen and oxygen atoms in total. The molecule has 2 radical (unpaired) electrons. The van der Waals surface area contributed by atoms with Crippen molar-refractivity contribution in [2.75, 3.05) is 0 Å². The van der Waals surface area contributed by atoms with E-state index < -0.39 is 0 Å². The third kappa shape index (κ3) is 5.85. The standard InChI is InChI=1S/C19H13.C11H11.C2H6Si.Hf/c1-2-6-14(7-3-1)17-12-16-11-10-15-8-4-5-9-18(15)19(16)13-17;1-8-7-9(2)11-6-4-3-5-10(8)11;1-3-2;/h1-11H,13H2;3-6,8H,1-2H3;1-2H3;/q2*-1;;. The Kier molecular flexibility index (Phi) is 9.61. The molecule has 0 spiro atoms. The fourth-order valence-electron chi connectivity index (χ4n) is 4.54. The summed E-state index contributed by atoms with van der Waals surface area (Å²) in [7, 11) is 1.08. The van der Waals surface area contributed by atoms with Crippen LogP contribution in [0.5, 0.6) is 0 Å². The average molecular weight is 621 g/mol. The maximum absolute atomic E-state index is 3.56. The second-order valence-electron chi connectivity index (χ2n) is 8.54. The molecule has 0 fully saturated rings. The third-order valence-corrected chi connectivity index (χ3v) is 6.07. The molecule has 0 aromatic heterocycles. The molecule has 4 aromatic carbocycles. The molecule has 168 valence electrons. The molecule has 0 aliphatic heterocycles. The fraction of sp³-hybridized carbons (Fsp3) is 0.188. The van der Waals surface area contributed by atoms with Crippen LogP contribution in [0.25, 0.3) is 21.9 Å². The SMILES string of the molecule is CC1=[C-]C(C)c2ccccc21.C[Si]C.[C-]1=C(c2ccccc2)Cc2c1ccc1ccccc21.[Hf]. The first-order chi connectivity index (χ1) is 16.1. The predicted molar refractivity (Wildman–Crippen MR) is 145 cm³/mol. The first kappa shape index (κ1) is 26.3. The van der Waals surface area contributed by atoms with Gasteiger partial charge in [0.1, 0.15) is 0 Å². The Bertz CT molecular complexity index is 1300. The maximum Gasteiger partial charge on any atom is 0.0307 e. The number of hydrogen-bond acceptors (Lipinski definition) is 0. The molecule has 0 saturated carbocycles. The minimum Gasteiger partial charge on any atom is -0.266 e. The zero-order chi connectivity index (χ0) is 23.2. The number of benzene rings is 4. The molecule has 0 bridgehead atoms. The van der Waals surface area contributed by atoms with Gasteiger partial charge in [0, 0.05) is 35.4 Å². The summed E-state index contributed by atoms with van der Waals surface area (Å²) < 4.78 is 0. The number of rotatable bonds is 1. The second-order valence-corrected chi connectivity index (χ2v) is 9.54. The summed E-state index contributed by atoms with van der Waals surface area (Å²) in [6, 6.07) is 32.1. The van der Waals surface area contributed by atoms with Crippen LogP contribution >= 0.6 is 0 Å². The van der Waals surface area contributed by atoms with E-state index >= 15 is 0 Å². The Morgan fingerprint density at radius 2 is 1.44 bits per heavy atom. The van der Waals surface area contributed by atoms with Gasteiger partial charge in [-0.05, 0) is 5.39 Å². The minimum atomic E-state index is 0. The van der Waals surface area contributed by atoms with E-state index in [4.69, 9.17) is 0 Å². The van der Waals surface area contributed by atoms with Gasteiger partial charge in [-0.15, -0.1) is 40.5 Å². The van der Waals surface area contributed by atoms with E-state index in [-0.39, 0.29) is 25.8 Å². The molecule has 0 heterocycles. The van der Waals surface area contributed by atoms with E-state index in [9.17, 15) is 0 Å². The molecule has 1 unspecified atom stereocenters. The fourth-order valence-corrected chi connectivity index (χ4v) is 4.54. The van der Waals surface area contributed by atoms with Crippen molar-refractivity contribution in [1.29, 1.82) is 0 Å². The predicted octanol–water partition coefficient (Wildman–Crippen LogP) is 8.43. The van der Waals surface area contributed by atoms with E-state index in [0.717, 1.165) is 15.9 Å². The van der Waals surface area contributed by atoms with Crippen molar-refractivity contribution in [2.45, 2.75) is 39.3 Å². The second kappa shape index (κ2) is 12.4. The topological polar surface area (TPSA) is 0 Å². The Morgan fingerprint density at radius 1 is 0.794 bits per heavy atom. The van der Waals surface area contributed by atoms with Gasteiger partial charge in [0.15, 0.2) is 0 Å². The number of fused-ring (bicyclic) bond motifs is 4. The largest absolute Gasteiger partial charge is 0.266 e. The molecule has 34 heavy (non-hydrogen) atoms. The van der Waals surface area contributed by atoms with Crippen molar-refractivity contribution in [1.82, 2.24) is 0 Å². The van der Waals surface area contributed by atoms with Crippen LogP contribution in [0.3, 0.4) is 0 Å². The molecular formula is C32H30HfSi-2. The van der Waals surface area contributed by atoms with Crippen molar-refractivity contribution in [3.63, 3.8) is 0 Å².